The predicted molar refractivity (Wildman–Crippen MR) is 93.2 cm³/mol. The summed E-state index contributed by atoms with van der Waals surface area (Å²) in [5.41, 5.74) is 4.25. The topological polar surface area (TPSA) is 42.0 Å². The van der Waals surface area contributed by atoms with Crippen LogP contribution in [0, 0.1) is 6.92 Å². The highest BCUT2D eigenvalue weighted by Crippen LogP contribution is 2.20. The summed E-state index contributed by atoms with van der Waals surface area (Å²) in [5.74, 6) is -0.0303. The first kappa shape index (κ1) is 15.2. The van der Waals surface area contributed by atoms with Gasteiger partial charge in [0.1, 0.15) is 0 Å². The third kappa shape index (κ3) is 3.75. The van der Waals surface area contributed by atoms with Gasteiger partial charge in [-0.1, -0.05) is 54.1 Å². The fourth-order valence-electron chi connectivity index (χ4n) is 2.82. The Morgan fingerprint density at radius 3 is 2.70 bits per heavy atom. The summed E-state index contributed by atoms with van der Waals surface area (Å²) in [6.07, 6.45) is 0.674. The summed E-state index contributed by atoms with van der Waals surface area (Å²) in [7, 11) is 0. The SMILES string of the molecule is CC(=O)NC(Cc1ccc2ccccc2n1)c1cccc(C)c1. The molecular formula is C20H20N2O. The Hall–Kier alpha value is -2.68. The predicted octanol–water partition coefficient (Wildman–Crippen LogP) is 3.96. The molecule has 0 aliphatic heterocycles. The van der Waals surface area contributed by atoms with Gasteiger partial charge in [0, 0.05) is 24.4 Å². The van der Waals surface area contributed by atoms with E-state index in [1.165, 1.54) is 5.56 Å². The van der Waals surface area contributed by atoms with Crippen LogP contribution in [0.25, 0.3) is 10.9 Å². The van der Waals surface area contributed by atoms with Gasteiger partial charge in [0.2, 0.25) is 5.91 Å². The van der Waals surface area contributed by atoms with Crippen molar-refractivity contribution < 1.29 is 4.79 Å². The van der Waals surface area contributed by atoms with E-state index in [0.29, 0.717) is 6.42 Å². The minimum atomic E-state index is -0.0685. The second-order valence-electron chi connectivity index (χ2n) is 5.87. The molecular weight excluding hydrogens is 284 g/mol. The van der Waals surface area contributed by atoms with E-state index in [2.05, 4.69) is 42.6 Å². The number of carbonyl (C=O) groups excluding carboxylic acids is 1. The number of nitrogens with zero attached hydrogens (tertiary/aromatic N) is 1. The second kappa shape index (κ2) is 6.61. The first-order valence-corrected chi connectivity index (χ1v) is 7.80. The van der Waals surface area contributed by atoms with Crippen LogP contribution >= 0.6 is 0 Å². The van der Waals surface area contributed by atoms with E-state index in [1.54, 1.807) is 6.92 Å². The number of para-hydroxylation sites is 1. The van der Waals surface area contributed by atoms with Gasteiger partial charge in [0.25, 0.3) is 0 Å². The smallest absolute Gasteiger partial charge is 0.217 e. The van der Waals surface area contributed by atoms with E-state index in [1.807, 2.05) is 30.3 Å². The number of aryl methyl sites for hydroxylation is 1. The summed E-state index contributed by atoms with van der Waals surface area (Å²) in [5, 5.41) is 4.17. The maximum atomic E-state index is 11.6. The maximum absolute atomic E-state index is 11.6. The van der Waals surface area contributed by atoms with Gasteiger partial charge in [-0.05, 0) is 24.6 Å². The molecule has 1 atom stereocenters. The fraction of sp³-hybridized carbons (Fsp3) is 0.200. The van der Waals surface area contributed by atoms with Crippen LogP contribution in [-0.2, 0) is 11.2 Å². The maximum Gasteiger partial charge on any atom is 0.217 e. The average molecular weight is 304 g/mol. The lowest BCUT2D eigenvalue weighted by Gasteiger charge is -2.19. The normalized spacial score (nSPS) is 12.1. The third-order valence-electron chi connectivity index (χ3n) is 3.89. The molecule has 23 heavy (non-hydrogen) atoms. The van der Waals surface area contributed by atoms with Crippen molar-refractivity contribution >= 4 is 16.8 Å². The molecule has 1 aromatic heterocycles. The Kier molecular flexibility index (Phi) is 4.38. The van der Waals surface area contributed by atoms with Crippen LogP contribution in [0.4, 0.5) is 0 Å². The zero-order valence-electron chi connectivity index (χ0n) is 13.4. The van der Waals surface area contributed by atoms with Gasteiger partial charge in [0.15, 0.2) is 0 Å². The number of pyridine rings is 1. The molecule has 1 unspecified atom stereocenters. The summed E-state index contributed by atoms with van der Waals surface area (Å²) >= 11 is 0. The van der Waals surface area contributed by atoms with Crippen molar-refractivity contribution in [1.29, 1.82) is 0 Å². The highest BCUT2D eigenvalue weighted by atomic mass is 16.1. The zero-order chi connectivity index (χ0) is 16.2. The molecule has 0 radical (unpaired) electrons. The second-order valence-corrected chi connectivity index (χ2v) is 5.87. The van der Waals surface area contributed by atoms with Crippen molar-refractivity contribution in [2.75, 3.05) is 0 Å². The first-order valence-electron chi connectivity index (χ1n) is 7.80. The molecule has 3 rings (SSSR count). The minimum Gasteiger partial charge on any atom is -0.349 e. The molecule has 1 N–H and O–H groups in total. The Balaban J connectivity index is 1.91. The largest absolute Gasteiger partial charge is 0.349 e. The molecule has 116 valence electrons. The molecule has 0 saturated heterocycles. The van der Waals surface area contributed by atoms with Gasteiger partial charge in [-0.2, -0.15) is 0 Å². The number of aromatic nitrogens is 1. The van der Waals surface area contributed by atoms with E-state index >= 15 is 0 Å². The molecule has 3 aromatic rings. The minimum absolute atomic E-state index is 0.0303. The standard InChI is InChI=1S/C20H20N2O/c1-14-6-5-8-17(12-14)20(21-15(2)23)13-18-11-10-16-7-3-4-9-19(16)22-18/h3-12,20H,13H2,1-2H3,(H,21,23). The molecule has 1 amide bonds. The number of rotatable bonds is 4. The fourth-order valence-corrected chi connectivity index (χ4v) is 2.82. The van der Waals surface area contributed by atoms with E-state index in [-0.39, 0.29) is 11.9 Å². The molecule has 0 fully saturated rings. The highest BCUT2D eigenvalue weighted by Gasteiger charge is 2.14. The number of benzene rings is 2. The first-order chi connectivity index (χ1) is 11.1. The summed E-state index contributed by atoms with van der Waals surface area (Å²) in [4.78, 5) is 16.3. The lowest BCUT2D eigenvalue weighted by molar-refractivity contribution is -0.119. The molecule has 3 nitrogen and oxygen atoms in total. The van der Waals surface area contributed by atoms with Crippen molar-refractivity contribution in [1.82, 2.24) is 10.3 Å². The van der Waals surface area contributed by atoms with Crippen molar-refractivity contribution in [3.05, 3.63) is 77.5 Å². The van der Waals surface area contributed by atoms with Gasteiger partial charge in [-0.15, -0.1) is 0 Å². The monoisotopic (exact) mass is 304 g/mol. The third-order valence-corrected chi connectivity index (χ3v) is 3.89. The van der Waals surface area contributed by atoms with Gasteiger partial charge < -0.3 is 5.32 Å². The van der Waals surface area contributed by atoms with Crippen LogP contribution in [0.1, 0.15) is 29.8 Å². The van der Waals surface area contributed by atoms with E-state index in [9.17, 15) is 4.79 Å². The van der Waals surface area contributed by atoms with Gasteiger partial charge in [-0.3, -0.25) is 9.78 Å². The summed E-state index contributed by atoms with van der Waals surface area (Å²) in [6, 6.07) is 20.4. The number of nitrogens with one attached hydrogen (secondary N) is 1. The van der Waals surface area contributed by atoms with Crippen LogP contribution in [0.15, 0.2) is 60.7 Å². The molecule has 0 saturated carbocycles. The van der Waals surface area contributed by atoms with E-state index in [4.69, 9.17) is 4.98 Å². The number of amides is 1. The van der Waals surface area contributed by atoms with Crippen molar-refractivity contribution in [2.24, 2.45) is 0 Å². The van der Waals surface area contributed by atoms with Crippen molar-refractivity contribution in [3.8, 4) is 0 Å². The van der Waals surface area contributed by atoms with Crippen LogP contribution < -0.4 is 5.32 Å². The highest BCUT2D eigenvalue weighted by molar-refractivity contribution is 5.78. The quantitative estimate of drug-likeness (QED) is 0.792. The number of hydrogen-bond donors (Lipinski definition) is 1. The van der Waals surface area contributed by atoms with Crippen LogP contribution in [0.3, 0.4) is 0 Å². The van der Waals surface area contributed by atoms with Crippen molar-refractivity contribution in [2.45, 2.75) is 26.3 Å². The summed E-state index contributed by atoms with van der Waals surface area (Å²) < 4.78 is 0. The van der Waals surface area contributed by atoms with Crippen LogP contribution in [0.2, 0.25) is 0 Å². The molecule has 0 aliphatic carbocycles. The molecule has 0 aliphatic rings. The van der Waals surface area contributed by atoms with Crippen molar-refractivity contribution in [3.63, 3.8) is 0 Å². The Bertz CT molecular complexity index is 842. The van der Waals surface area contributed by atoms with Crippen LogP contribution in [-0.4, -0.2) is 10.9 Å². The molecule has 3 heteroatoms. The Morgan fingerprint density at radius 2 is 1.91 bits per heavy atom. The molecule has 1 heterocycles. The molecule has 0 bridgehead atoms. The van der Waals surface area contributed by atoms with Gasteiger partial charge in [0.05, 0.1) is 11.6 Å². The molecule has 0 spiro atoms. The van der Waals surface area contributed by atoms with Crippen LogP contribution in [0.5, 0.6) is 0 Å². The summed E-state index contributed by atoms with van der Waals surface area (Å²) in [6.45, 7) is 3.61. The van der Waals surface area contributed by atoms with Gasteiger partial charge in [-0.25, -0.2) is 0 Å². The average Bonchev–Trinajstić information content (AvgIpc) is 2.54. The number of fused-ring (bicyclic) bond motifs is 1. The molecule has 2 aromatic carbocycles. The van der Waals surface area contributed by atoms with Gasteiger partial charge >= 0.3 is 0 Å². The number of hydrogen-bond acceptors (Lipinski definition) is 2. The Labute approximate surface area is 136 Å². The van der Waals surface area contributed by atoms with E-state index in [0.717, 1.165) is 22.2 Å². The lowest BCUT2D eigenvalue weighted by atomic mass is 9.99. The Morgan fingerprint density at radius 1 is 1.09 bits per heavy atom. The lowest BCUT2D eigenvalue weighted by Crippen LogP contribution is -2.28. The van der Waals surface area contributed by atoms with E-state index < -0.39 is 0 Å². The zero-order valence-corrected chi connectivity index (χ0v) is 13.4. The number of carbonyl (C=O) groups is 1.